The van der Waals surface area contributed by atoms with Crippen LogP contribution in [0.5, 0.6) is 0 Å². The van der Waals surface area contributed by atoms with E-state index in [1.165, 1.54) is 40.5 Å². The maximum atomic E-state index is 5.10. The molecule has 0 heterocycles. The molecule has 0 saturated heterocycles. The zero-order valence-corrected chi connectivity index (χ0v) is 19.5. The molecule has 4 rings (SSSR count). The minimum Gasteiger partial charge on any atom is -0.247 e. The molecule has 1 aliphatic carbocycles. The fourth-order valence-electron chi connectivity index (χ4n) is 3.52. The average molecular weight is 450 g/mol. The monoisotopic (exact) mass is 449 g/mol. The molecule has 0 unspecified atom stereocenters. The lowest BCUT2D eigenvalue weighted by atomic mass is 10.3. The maximum absolute atomic E-state index is 5.10. The Bertz CT molecular complexity index is 865. The van der Waals surface area contributed by atoms with Crippen LogP contribution in [0.25, 0.3) is 0 Å². The molecule has 1 aliphatic rings. The summed E-state index contributed by atoms with van der Waals surface area (Å²) in [6, 6.07) is 31.9. The lowest BCUT2D eigenvalue weighted by molar-refractivity contribution is 0.886. The van der Waals surface area contributed by atoms with E-state index in [-0.39, 0.29) is 0 Å². The first-order valence-electron chi connectivity index (χ1n) is 10.6. The van der Waals surface area contributed by atoms with Gasteiger partial charge in [0.15, 0.2) is 0 Å². The van der Waals surface area contributed by atoms with Crippen LogP contribution in [0.4, 0.5) is 5.69 Å². The molecule has 1 fully saturated rings. The number of nitrogens with zero attached hydrogens (tertiary/aromatic N) is 1. The molecule has 0 spiro atoms. The summed E-state index contributed by atoms with van der Waals surface area (Å²) in [5.74, 6) is 0. The molecule has 0 aromatic heterocycles. The standard InChI is InChI=1S/C26H27NS3/c1-4-12-21(13-5-1)27-25(28-22-18-10-11-19-22)20-26(29-23-14-6-2-7-15-23)30-24-16-8-3-9-17-24/h1-9,12-17,22,26H,10-11,18-20H2. The minimum absolute atomic E-state index is 0.381. The van der Waals surface area contributed by atoms with Crippen molar-refractivity contribution in [2.45, 2.75) is 51.7 Å². The summed E-state index contributed by atoms with van der Waals surface area (Å²) in [6.07, 6.45) is 6.32. The average Bonchev–Trinajstić information content (AvgIpc) is 3.29. The van der Waals surface area contributed by atoms with Gasteiger partial charge in [0.25, 0.3) is 0 Å². The summed E-state index contributed by atoms with van der Waals surface area (Å²) in [5, 5.41) is 1.99. The molecule has 0 amide bonds. The molecule has 1 saturated carbocycles. The Balaban J connectivity index is 1.56. The molecule has 4 heteroatoms. The topological polar surface area (TPSA) is 12.4 Å². The number of para-hydroxylation sites is 1. The van der Waals surface area contributed by atoms with Gasteiger partial charge < -0.3 is 0 Å². The molecular weight excluding hydrogens is 422 g/mol. The zero-order chi connectivity index (χ0) is 20.4. The number of rotatable bonds is 8. The van der Waals surface area contributed by atoms with Crippen molar-refractivity contribution in [3.63, 3.8) is 0 Å². The van der Waals surface area contributed by atoms with Gasteiger partial charge in [-0.05, 0) is 49.2 Å². The van der Waals surface area contributed by atoms with E-state index in [1.54, 1.807) is 0 Å². The number of hydrogen-bond acceptors (Lipinski definition) is 4. The Hall–Kier alpha value is -1.62. The first kappa shape index (κ1) is 21.6. The molecule has 0 N–H and O–H groups in total. The summed E-state index contributed by atoms with van der Waals surface area (Å²) >= 11 is 5.92. The van der Waals surface area contributed by atoms with Gasteiger partial charge in [0.2, 0.25) is 0 Å². The van der Waals surface area contributed by atoms with Gasteiger partial charge in [0, 0.05) is 21.5 Å². The zero-order valence-electron chi connectivity index (χ0n) is 17.0. The summed E-state index contributed by atoms with van der Waals surface area (Å²) in [7, 11) is 0. The Labute approximate surface area is 193 Å². The highest BCUT2D eigenvalue weighted by molar-refractivity contribution is 8.18. The molecular formula is C26H27NS3. The normalized spacial score (nSPS) is 15.0. The van der Waals surface area contributed by atoms with E-state index < -0.39 is 0 Å². The SMILES string of the molecule is c1ccc(N=C(CC(Sc2ccccc2)Sc2ccccc2)SC2CCCC2)cc1. The maximum Gasteiger partial charge on any atom is 0.0761 e. The quantitative estimate of drug-likeness (QED) is 0.148. The third-order valence-electron chi connectivity index (χ3n) is 4.98. The van der Waals surface area contributed by atoms with Crippen molar-refractivity contribution < 1.29 is 0 Å². The van der Waals surface area contributed by atoms with E-state index in [0.717, 1.165) is 17.4 Å². The molecule has 0 atom stereocenters. The van der Waals surface area contributed by atoms with E-state index in [0.29, 0.717) is 4.58 Å². The van der Waals surface area contributed by atoms with Crippen LogP contribution in [0.15, 0.2) is 106 Å². The van der Waals surface area contributed by atoms with E-state index in [1.807, 2.05) is 35.3 Å². The van der Waals surface area contributed by atoms with E-state index >= 15 is 0 Å². The van der Waals surface area contributed by atoms with Crippen molar-refractivity contribution in [1.29, 1.82) is 0 Å². The second-order valence-electron chi connectivity index (χ2n) is 7.36. The number of thioether (sulfide) groups is 3. The van der Waals surface area contributed by atoms with Gasteiger partial charge in [0.1, 0.15) is 0 Å². The van der Waals surface area contributed by atoms with Crippen molar-refractivity contribution in [3.8, 4) is 0 Å². The lowest BCUT2D eigenvalue weighted by Gasteiger charge is -2.19. The Morgan fingerprint density at radius 2 is 1.23 bits per heavy atom. The fourth-order valence-corrected chi connectivity index (χ4v) is 7.68. The van der Waals surface area contributed by atoms with E-state index in [4.69, 9.17) is 4.99 Å². The van der Waals surface area contributed by atoms with Crippen LogP contribution in [0.1, 0.15) is 32.1 Å². The van der Waals surface area contributed by atoms with Crippen LogP contribution in [-0.4, -0.2) is 14.9 Å². The van der Waals surface area contributed by atoms with Gasteiger partial charge in [-0.25, -0.2) is 4.99 Å². The van der Waals surface area contributed by atoms with Gasteiger partial charge in [-0.2, -0.15) is 0 Å². The van der Waals surface area contributed by atoms with Crippen LogP contribution in [0.2, 0.25) is 0 Å². The molecule has 3 aromatic rings. The predicted molar refractivity (Wildman–Crippen MR) is 136 cm³/mol. The van der Waals surface area contributed by atoms with Gasteiger partial charge in [-0.1, -0.05) is 67.4 Å². The first-order valence-corrected chi connectivity index (χ1v) is 13.2. The van der Waals surface area contributed by atoms with Crippen molar-refractivity contribution in [1.82, 2.24) is 0 Å². The Kier molecular flexibility index (Phi) is 8.42. The van der Waals surface area contributed by atoms with E-state index in [9.17, 15) is 0 Å². The Morgan fingerprint density at radius 1 is 0.733 bits per heavy atom. The first-order chi connectivity index (χ1) is 14.8. The highest BCUT2D eigenvalue weighted by atomic mass is 32.2. The van der Waals surface area contributed by atoms with Crippen molar-refractivity contribution in [2.75, 3.05) is 0 Å². The van der Waals surface area contributed by atoms with Crippen LogP contribution in [0.3, 0.4) is 0 Å². The van der Waals surface area contributed by atoms with Crippen molar-refractivity contribution in [3.05, 3.63) is 91.0 Å². The van der Waals surface area contributed by atoms with Gasteiger partial charge in [-0.3, -0.25) is 0 Å². The highest BCUT2D eigenvalue weighted by Gasteiger charge is 2.22. The van der Waals surface area contributed by atoms with Crippen LogP contribution in [-0.2, 0) is 0 Å². The third kappa shape index (κ3) is 6.97. The highest BCUT2D eigenvalue weighted by Crippen LogP contribution is 2.41. The molecule has 1 nitrogen and oxygen atoms in total. The third-order valence-corrected chi connectivity index (χ3v) is 8.84. The second kappa shape index (κ2) is 11.7. The molecule has 3 aromatic carbocycles. The molecule has 0 aliphatic heterocycles. The molecule has 0 bridgehead atoms. The summed E-state index contributed by atoms with van der Waals surface area (Å²) in [4.78, 5) is 7.73. The number of aliphatic imine (C=N–C) groups is 1. The van der Waals surface area contributed by atoms with Crippen LogP contribution >= 0.6 is 35.3 Å². The largest absolute Gasteiger partial charge is 0.247 e. The Morgan fingerprint density at radius 3 is 1.77 bits per heavy atom. The smallest absolute Gasteiger partial charge is 0.0761 e. The number of benzene rings is 3. The predicted octanol–water partition coefficient (Wildman–Crippen LogP) is 8.69. The van der Waals surface area contributed by atoms with E-state index in [2.05, 4.69) is 91.0 Å². The second-order valence-corrected chi connectivity index (χ2v) is 11.6. The van der Waals surface area contributed by atoms with Gasteiger partial charge >= 0.3 is 0 Å². The minimum atomic E-state index is 0.381. The lowest BCUT2D eigenvalue weighted by Crippen LogP contribution is -2.09. The fraction of sp³-hybridized carbons (Fsp3) is 0.269. The molecule has 0 radical (unpaired) electrons. The van der Waals surface area contributed by atoms with Crippen LogP contribution in [0, 0.1) is 0 Å². The summed E-state index contributed by atoms with van der Waals surface area (Å²) in [6.45, 7) is 0. The number of hydrogen-bond donors (Lipinski definition) is 0. The summed E-state index contributed by atoms with van der Waals surface area (Å²) in [5.41, 5.74) is 1.06. The summed E-state index contributed by atoms with van der Waals surface area (Å²) < 4.78 is 0.381. The molecule has 154 valence electrons. The van der Waals surface area contributed by atoms with Crippen LogP contribution < -0.4 is 0 Å². The van der Waals surface area contributed by atoms with Gasteiger partial charge in [0.05, 0.1) is 15.3 Å². The van der Waals surface area contributed by atoms with Crippen molar-refractivity contribution >= 4 is 46.0 Å². The molecule has 30 heavy (non-hydrogen) atoms. The van der Waals surface area contributed by atoms with Gasteiger partial charge in [-0.15, -0.1) is 35.3 Å². The van der Waals surface area contributed by atoms with Crippen molar-refractivity contribution in [2.24, 2.45) is 4.99 Å².